The summed E-state index contributed by atoms with van der Waals surface area (Å²) in [7, 11) is 0. The van der Waals surface area contributed by atoms with Crippen molar-refractivity contribution in [2.45, 2.75) is 58.4 Å². The molecule has 1 aromatic heterocycles. The van der Waals surface area contributed by atoms with E-state index in [9.17, 15) is 4.79 Å². The van der Waals surface area contributed by atoms with Crippen molar-refractivity contribution in [2.75, 3.05) is 6.61 Å². The number of aromatic nitrogens is 3. The zero-order valence-corrected chi connectivity index (χ0v) is 11.9. The van der Waals surface area contributed by atoms with Gasteiger partial charge in [-0.05, 0) is 12.8 Å². The first-order valence-corrected chi connectivity index (χ1v) is 6.66. The van der Waals surface area contributed by atoms with Crippen LogP contribution in [-0.4, -0.2) is 37.8 Å². The van der Waals surface area contributed by atoms with E-state index in [4.69, 9.17) is 10.2 Å². The number of unbranched alkanes of at least 4 members (excludes halogenated alkanes) is 3. The van der Waals surface area contributed by atoms with Crippen LogP contribution >= 0.6 is 0 Å². The molecule has 0 amide bonds. The van der Waals surface area contributed by atoms with Crippen LogP contribution in [0.15, 0.2) is 0 Å². The average molecular weight is 269 g/mol. The van der Waals surface area contributed by atoms with Crippen molar-refractivity contribution < 1.29 is 15.0 Å². The number of carbonyl (C=O) groups is 1. The Bertz CT molecular complexity index is 421. The normalized spacial score (nSPS) is 11.8. The van der Waals surface area contributed by atoms with E-state index in [1.54, 1.807) is 4.68 Å². The lowest BCUT2D eigenvalue weighted by atomic mass is 9.90. The van der Waals surface area contributed by atoms with E-state index < -0.39 is 5.97 Å². The molecule has 0 aliphatic carbocycles. The maximum Gasteiger partial charge on any atom is 0.358 e. The zero-order chi connectivity index (χ0) is 14.5. The van der Waals surface area contributed by atoms with Gasteiger partial charge in [-0.15, -0.1) is 5.10 Å². The number of aromatic carboxylic acids is 1. The number of aryl methyl sites for hydroxylation is 1. The lowest BCUT2D eigenvalue weighted by molar-refractivity contribution is 0.0687. The van der Waals surface area contributed by atoms with Crippen molar-refractivity contribution in [3.63, 3.8) is 0 Å². The number of hydrogen-bond acceptors (Lipinski definition) is 4. The second-order valence-corrected chi connectivity index (χ2v) is 5.70. The second kappa shape index (κ2) is 6.65. The fourth-order valence-corrected chi connectivity index (χ4v) is 2.08. The number of rotatable bonds is 7. The summed E-state index contributed by atoms with van der Waals surface area (Å²) < 4.78 is 1.70. The summed E-state index contributed by atoms with van der Waals surface area (Å²) in [4.78, 5) is 11.2. The molecule has 0 atom stereocenters. The lowest BCUT2D eigenvalue weighted by Crippen LogP contribution is -2.22. The van der Waals surface area contributed by atoms with Crippen molar-refractivity contribution in [1.29, 1.82) is 0 Å². The van der Waals surface area contributed by atoms with Crippen molar-refractivity contribution in [1.82, 2.24) is 15.0 Å². The van der Waals surface area contributed by atoms with Gasteiger partial charge in [0.1, 0.15) is 0 Å². The maximum absolute atomic E-state index is 11.2. The van der Waals surface area contributed by atoms with Crippen LogP contribution in [0.3, 0.4) is 0 Å². The number of aliphatic hydroxyl groups excluding tert-OH is 1. The number of hydrogen-bond donors (Lipinski definition) is 2. The molecule has 1 heterocycles. The summed E-state index contributed by atoms with van der Waals surface area (Å²) in [6, 6.07) is 0. The molecule has 6 heteroatoms. The van der Waals surface area contributed by atoms with Crippen LogP contribution in [0.4, 0.5) is 0 Å². The topological polar surface area (TPSA) is 88.2 Å². The summed E-state index contributed by atoms with van der Waals surface area (Å²) in [5, 5.41) is 25.6. The molecule has 2 N–H and O–H groups in total. The first kappa shape index (κ1) is 15.6. The molecule has 0 aromatic carbocycles. The van der Waals surface area contributed by atoms with E-state index in [0.29, 0.717) is 12.2 Å². The number of carboxylic acid groups (broad SMARTS) is 1. The van der Waals surface area contributed by atoms with Crippen LogP contribution in [0.5, 0.6) is 0 Å². The highest BCUT2D eigenvalue weighted by molar-refractivity contribution is 5.86. The molecule has 1 aromatic rings. The van der Waals surface area contributed by atoms with Gasteiger partial charge >= 0.3 is 5.97 Å². The van der Waals surface area contributed by atoms with Crippen molar-refractivity contribution in [3.05, 3.63) is 11.4 Å². The van der Waals surface area contributed by atoms with Gasteiger partial charge in [0.15, 0.2) is 5.69 Å². The Balaban J connectivity index is 2.76. The van der Waals surface area contributed by atoms with Gasteiger partial charge in [-0.2, -0.15) is 0 Å². The molecule has 6 nitrogen and oxygen atoms in total. The highest BCUT2D eigenvalue weighted by Crippen LogP contribution is 2.25. The third-order valence-corrected chi connectivity index (χ3v) is 2.93. The molecular formula is C13H23N3O3. The molecule has 0 spiro atoms. The molecule has 0 unspecified atom stereocenters. The van der Waals surface area contributed by atoms with E-state index in [2.05, 4.69) is 10.3 Å². The smallest absolute Gasteiger partial charge is 0.358 e. The van der Waals surface area contributed by atoms with Gasteiger partial charge in [0.2, 0.25) is 0 Å². The minimum absolute atomic E-state index is 0.0443. The van der Waals surface area contributed by atoms with Crippen molar-refractivity contribution >= 4 is 5.97 Å². The second-order valence-electron chi connectivity index (χ2n) is 5.70. The molecule has 108 valence electrons. The number of aliphatic hydroxyl groups is 1. The third-order valence-electron chi connectivity index (χ3n) is 2.93. The van der Waals surface area contributed by atoms with Crippen molar-refractivity contribution in [2.24, 2.45) is 0 Å². The predicted molar refractivity (Wildman–Crippen MR) is 71.2 cm³/mol. The predicted octanol–water partition coefficient (Wildman–Crippen LogP) is 1.83. The van der Waals surface area contributed by atoms with E-state index >= 15 is 0 Å². The summed E-state index contributed by atoms with van der Waals surface area (Å²) >= 11 is 0. The van der Waals surface area contributed by atoms with Crippen LogP contribution in [0.1, 0.15) is 62.6 Å². The van der Waals surface area contributed by atoms with Gasteiger partial charge in [-0.25, -0.2) is 9.48 Å². The summed E-state index contributed by atoms with van der Waals surface area (Å²) in [6.45, 7) is 6.76. The summed E-state index contributed by atoms with van der Waals surface area (Å²) in [6.07, 6.45) is 3.68. The van der Waals surface area contributed by atoms with Gasteiger partial charge < -0.3 is 10.2 Å². The SMILES string of the molecule is CC(C)(C)c1c(C(=O)O)nnn1CCCCCCO. The molecule has 0 fully saturated rings. The van der Waals surface area contributed by atoms with Gasteiger partial charge in [-0.1, -0.05) is 38.8 Å². The van der Waals surface area contributed by atoms with Crippen LogP contribution in [0.25, 0.3) is 0 Å². The molecule has 19 heavy (non-hydrogen) atoms. The minimum Gasteiger partial charge on any atom is -0.476 e. The quantitative estimate of drug-likeness (QED) is 0.737. The number of carboxylic acids is 1. The van der Waals surface area contributed by atoms with Crippen LogP contribution < -0.4 is 0 Å². The fourth-order valence-electron chi connectivity index (χ4n) is 2.08. The van der Waals surface area contributed by atoms with E-state index in [1.807, 2.05) is 20.8 Å². The maximum atomic E-state index is 11.2. The molecule has 1 rings (SSSR count). The van der Waals surface area contributed by atoms with Crippen LogP contribution in [-0.2, 0) is 12.0 Å². The summed E-state index contributed by atoms with van der Waals surface area (Å²) in [5.74, 6) is -1.03. The Morgan fingerprint density at radius 2 is 1.84 bits per heavy atom. The Kier molecular flexibility index (Phi) is 5.47. The Hall–Kier alpha value is -1.43. The van der Waals surface area contributed by atoms with Gasteiger partial charge in [-0.3, -0.25) is 0 Å². The van der Waals surface area contributed by atoms with Crippen molar-refractivity contribution in [3.8, 4) is 0 Å². The van der Waals surface area contributed by atoms with Gasteiger partial charge in [0, 0.05) is 18.6 Å². The third kappa shape index (κ3) is 4.31. The molecule has 0 saturated carbocycles. The standard InChI is InChI=1S/C13H23N3O3/c1-13(2,3)11-10(12(18)19)14-15-16(11)8-6-4-5-7-9-17/h17H,4-9H2,1-3H3,(H,18,19). The summed E-state index contributed by atoms with van der Waals surface area (Å²) in [5.41, 5.74) is 0.410. The Morgan fingerprint density at radius 3 is 2.37 bits per heavy atom. The molecular weight excluding hydrogens is 246 g/mol. The average Bonchev–Trinajstić information content (AvgIpc) is 2.72. The van der Waals surface area contributed by atoms with Gasteiger partial charge in [0.05, 0.1) is 5.69 Å². The molecule has 0 aliphatic heterocycles. The molecule has 0 saturated heterocycles. The van der Waals surface area contributed by atoms with E-state index in [-0.39, 0.29) is 17.7 Å². The zero-order valence-electron chi connectivity index (χ0n) is 11.9. The number of nitrogens with zero attached hydrogens (tertiary/aromatic N) is 3. The fraction of sp³-hybridized carbons (Fsp3) is 0.769. The minimum atomic E-state index is -1.03. The van der Waals surface area contributed by atoms with Crippen LogP contribution in [0.2, 0.25) is 0 Å². The highest BCUT2D eigenvalue weighted by atomic mass is 16.4. The molecule has 0 bridgehead atoms. The molecule has 0 aliphatic rings. The van der Waals surface area contributed by atoms with Gasteiger partial charge in [0.25, 0.3) is 0 Å². The van der Waals surface area contributed by atoms with E-state index in [1.165, 1.54) is 0 Å². The first-order chi connectivity index (χ1) is 8.88. The molecule has 0 radical (unpaired) electrons. The monoisotopic (exact) mass is 269 g/mol. The highest BCUT2D eigenvalue weighted by Gasteiger charge is 2.28. The lowest BCUT2D eigenvalue weighted by Gasteiger charge is -2.20. The Labute approximate surface area is 113 Å². The Morgan fingerprint density at radius 1 is 1.21 bits per heavy atom. The largest absolute Gasteiger partial charge is 0.476 e. The first-order valence-electron chi connectivity index (χ1n) is 6.66. The van der Waals surface area contributed by atoms with E-state index in [0.717, 1.165) is 25.7 Å². The van der Waals surface area contributed by atoms with Crippen LogP contribution in [0, 0.1) is 0 Å².